The highest BCUT2D eigenvalue weighted by Crippen LogP contribution is 2.25. The third-order valence-corrected chi connectivity index (χ3v) is 5.77. The third kappa shape index (κ3) is 3.31. The largest absolute Gasteiger partial charge is 0.390 e. The molecule has 0 aliphatic carbocycles. The van der Waals surface area contributed by atoms with Crippen LogP contribution >= 0.6 is 0 Å². The van der Waals surface area contributed by atoms with Gasteiger partial charge < -0.3 is 14.4 Å². The summed E-state index contributed by atoms with van der Waals surface area (Å²) in [6.07, 6.45) is 3.26. The van der Waals surface area contributed by atoms with Crippen LogP contribution in [0.1, 0.15) is 38.4 Å². The topological polar surface area (TPSA) is 71.8 Å². The molecule has 1 aliphatic heterocycles. The number of aliphatic hydroxyl groups is 1. The first-order valence-electron chi connectivity index (χ1n) is 7.24. The molecule has 0 amide bonds. The number of hydrogen-bond donors (Lipinski definition) is 1. The lowest BCUT2D eigenvalue weighted by atomic mass is 10.1. The minimum absolute atomic E-state index is 0.0435. The first kappa shape index (κ1) is 16.5. The van der Waals surface area contributed by atoms with Gasteiger partial charge in [-0.3, -0.25) is 0 Å². The van der Waals surface area contributed by atoms with Crippen molar-refractivity contribution in [2.45, 2.75) is 50.3 Å². The molecule has 6 nitrogen and oxygen atoms in total. The van der Waals surface area contributed by atoms with Gasteiger partial charge in [0.15, 0.2) is 0 Å². The second kappa shape index (κ2) is 6.48. The second-order valence-corrected chi connectivity index (χ2v) is 7.63. The van der Waals surface area contributed by atoms with Gasteiger partial charge in [0.05, 0.1) is 12.7 Å². The van der Waals surface area contributed by atoms with Crippen molar-refractivity contribution in [3.8, 4) is 0 Å². The molecule has 0 bridgehead atoms. The van der Waals surface area contributed by atoms with E-state index in [0.717, 1.165) is 12.8 Å². The molecule has 1 aliphatic rings. The van der Waals surface area contributed by atoms with Gasteiger partial charge in [-0.25, -0.2) is 8.42 Å². The second-order valence-electron chi connectivity index (χ2n) is 5.69. The van der Waals surface area contributed by atoms with E-state index in [9.17, 15) is 13.5 Å². The molecular weight excluding hydrogens is 292 g/mol. The van der Waals surface area contributed by atoms with Crippen LogP contribution in [0.25, 0.3) is 0 Å². The van der Waals surface area contributed by atoms with Crippen molar-refractivity contribution in [2.24, 2.45) is 0 Å². The number of methoxy groups -OCH3 is 1. The summed E-state index contributed by atoms with van der Waals surface area (Å²) < 4.78 is 34.0. The molecule has 1 unspecified atom stereocenters. The molecule has 1 aromatic rings. The number of nitrogens with zero attached hydrogens (tertiary/aromatic N) is 2. The normalized spacial score (nSPS) is 21.1. The molecule has 1 saturated heterocycles. The summed E-state index contributed by atoms with van der Waals surface area (Å²) in [4.78, 5) is 0.247. The minimum Gasteiger partial charge on any atom is -0.390 e. The summed E-state index contributed by atoms with van der Waals surface area (Å²) in [6.45, 7) is 4.65. The highest BCUT2D eigenvalue weighted by molar-refractivity contribution is 7.89. The van der Waals surface area contributed by atoms with Gasteiger partial charge in [-0.1, -0.05) is 0 Å². The molecule has 0 radical (unpaired) electrons. The predicted octanol–water partition coefficient (Wildman–Crippen LogP) is 1.36. The number of aromatic nitrogens is 1. The van der Waals surface area contributed by atoms with Crippen molar-refractivity contribution in [1.29, 1.82) is 0 Å². The summed E-state index contributed by atoms with van der Waals surface area (Å²) in [6, 6.07) is 1.66. The molecule has 120 valence electrons. The minimum atomic E-state index is -3.53. The molecule has 1 N–H and O–H groups in total. The Morgan fingerprint density at radius 3 is 2.71 bits per heavy atom. The zero-order valence-corrected chi connectivity index (χ0v) is 13.6. The molecule has 0 spiro atoms. The van der Waals surface area contributed by atoms with E-state index < -0.39 is 10.0 Å². The summed E-state index contributed by atoms with van der Waals surface area (Å²) in [7, 11) is -1.92. The Kier molecular flexibility index (Phi) is 5.08. The summed E-state index contributed by atoms with van der Waals surface area (Å²) in [5.74, 6) is 0. The van der Waals surface area contributed by atoms with Crippen LogP contribution in [-0.2, 0) is 21.4 Å². The Morgan fingerprint density at radius 2 is 2.19 bits per heavy atom. The maximum atomic E-state index is 12.7. The van der Waals surface area contributed by atoms with E-state index in [4.69, 9.17) is 4.74 Å². The van der Waals surface area contributed by atoms with E-state index in [2.05, 4.69) is 0 Å². The number of rotatable bonds is 5. The van der Waals surface area contributed by atoms with Crippen LogP contribution in [0.2, 0.25) is 0 Å². The fourth-order valence-electron chi connectivity index (χ4n) is 2.71. The molecule has 1 fully saturated rings. The van der Waals surface area contributed by atoms with E-state index in [1.807, 2.05) is 13.8 Å². The van der Waals surface area contributed by atoms with E-state index >= 15 is 0 Å². The predicted molar refractivity (Wildman–Crippen MR) is 79.5 cm³/mol. The Balaban J connectivity index is 2.31. The SMILES string of the molecule is COC1CCCN(S(=O)(=O)c2cc(CO)n(C(C)C)c2)C1. The average Bonchev–Trinajstić information content (AvgIpc) is 2.92. The van der Waals surface area contributed by atoms with E-state index in [-0.39, 0.29) is 23.6 Å². The summed E-state index contributed by atoms with van der Waals surface area (Å²) in [5, 5.41) is 9.39. The van der Waals surface area contributed by atoms with E-state index in [0.29, 0.717) is 18.8 Å². The first-order valence-corrected chi connectivity index (χ1v) is 8.68. The molecule has 0 saturated carbocycles. The monoisotopic (exact) mass is 316 g/mol. The van der Waals surface area contributed by atoms with E-state index in [1.54, 1.807) is 23.9 Å². The van der Waals surface area contributed by atoms with Crippen molar-refractivity contribution < 1.29 is 18.3 Å². The van der Waals surface area contributed by atoms with Gasteiger partial charge in [-0.2, -0.15) is 4.31 Å². The fourth-order valence-corrected chi connectivity index (χ4v) is 4.27. The van der Waals surface area contributed by atoms with Gasteiger partial charge in [-0.15, -0.1) is 0 Å². The van der Waals surface area contributed by atoms with Crippen molar-refractivity contribution in [1.82, 2.24) is 8.87 Å². The average molecular weight is 316 g/mol. The number of hydrogen-bond acceptors (Lipinski definition) is 4. The van der Waals surface area contributed by atoms with Gasteiger partial charge in [-0.05, 0) is 32.8 Å². The summed E-state index contributed by atoms with van der Waals surface area (Å²) in [5.41, 5.74) is 0.615. The molecule has 2 heterocycles. The smallest absolute Gasteiger partial charge is 0.244 e. The molecule has 7 heteroatoms. The fraction of sp³-hybridized carbons (Fsp3) is 0.714. The third-order valence-electron chi connectivity index (χ3n) is 3.94. The quantitative estimate of drug-likeness (QED) is 0.890. The lowest BCUT2D eigenvalue weighted by Crippen LogP contribution is -2.42. The Bertz CT molecular complexity index is 580. The number of aliphatic hydroxyl groups excluding tert-OH is 1. The van der Waals surface area contributed by atoms with Crippen LogP contribution in [0.15, 0.2) is 17.2 Å². The highest BCUT2D eigenvalue weighted by Gasteiger charge is 2.31. The van der Waals surface area contributed by atoms with E-state index in [1.165, 1.54) is 4.31 Å². The van der Waals surface area contributed by atoms with Crippen LogP contribution < -0.4 is 0 Å². The molecular formula is C14H24N2O4S. The zero-order valence-electron chi connectivity index (χ0n) is 12.8. The lowest BCUT2D eigenvalue weighted by Gasteiger charge is -2.30. The highest BCUT2D eigenvalue weighted by atomic mass is 32.2. The van der Waals surface area contributed by atoms with Crippen LogP contribution in [0.4, 0.5) is 0 Å². The van der Waals surface area contributed by atoms with Gasteiger partial charge in [0.25, 0.3) is 0 Å². The van der Waals surface area contributed by atoms with Crippen molar-refractivity contribution >= 4 is 10.0 Å². The van der Waals surface area contributed by atoms with Crippen LogP contribution in [0.3, 0.4) is 0 Å². The summed E-state index contributed by atoms with van der Waals surface area (Å²) >= 11 is 0. The molecule has 2 rings (SSSR count). The Labute approximate surface area is 126 Å². The molecule has 21 heavy (non-hydrogen) atoms. The van der Waals surface area contributed by atoms with Crippen LogP contribution in [-0.4, -0.2) is 48.7 Å². The molecule has 0 aromatic carbocycles. The molecule has 1 aromatic heterocycles. The van der Waals surface area contributed by atoms with Gasteiger partial charge >= 0.3 is 0 Å². The van der Waals surface area contributed by atoms with Crippen LogP contribution in [0.5, 0.6) is 0 Å². The van der Waals surface area contributed by atoms with Gasteiger partial charge in [0.2, 0.25) is 10.0 Å². The molecule has 1 atom stereocenters. The number of sulfonamides is 1. The lowest BCUT2D eigenvalue weighted by molar-refractivity contribution is 0.0572. The van der Waals surface area contributed by atoms with Crippen molar-refractivity contribution in [3.05, 3.63) is 18.0 Å². The van der Waals surface area contributed by atoms with Gasteiger partial charge in [0.1, 0.15) is 4.90 Å². The first-order chi connectivity index (χ1) is 9.90. The Hall–Kier alpha value is -0.890. The van der Waals surface area contributed by atoms with Crippen LogP contribution in [0, 0.1) is 0 Å². The standard InChI is InChI=1S/C14H24N2O4S/c1-11(2)16-9-14(7-12(16)10-17)21(18,19)15-6-4-5-13(8-15)20-3/h7,9,11,13,17H,4-6,8,10H2,1-3H3. The number of piperidine rings is 1. The maximum Gasteiger partial charge on any atom is 0.244 e. The van der Waals surface area contributed by atoms with Crippen molar-refractivity contribution in [2.75, 3.05) is 20.2 Å². The maximum absolute atomic E-state index is 12.7. The number of ether oxygens (including phenoxy) is 1. The van der Waals surface area contributed by atoms with Gasteiger partial charge in [0, 0.05) is 38.1 Å². The Morgan fingerprint density at radius 1 is 1.48 bits per heavy atom. The zero-order chi connectivity index (χ0) is 15.6. The van der Waals surface area contributed by atoms with Crippen molar-refractivity contribution in [3.63, 3.8) is 0 Å².